The average Bonchev–Trinajstić information content (AvgIpc) is 1.87. The fourth-order valence-corrected chi connectivity index (χ4v) is 1.79. The van der Waals surface area contributed by atoms with E-state index in [9.17, 15) is 8.42 Å². The number of aliphatic hydroxyl groups is 1. The summed E-state index contributed by atoms with van der Waals surface area (Å²) < 4.78 is 30.4. The lowest BCUT2D eigenvalue weighted by molar-refractivity contribution is 0.196. The fourth-order valence-electron chi connectivity index (χ4n) is 0.896. The zero-order chi connectivity index (χ0) is 9.99. The maximum Gasteiger partial charge on any atom is 0.287 e. The second-order valence-electron chi connectivity index (χ2n) is 2.56. The van der Waals surface area contributed by atoms with Crippen LogP contribution in [0.15, 0.2) is 0 Å². The van der Waals surface area contributed by atoms with Crippen LogP contribution in [0.3, 0.4) is 0 Å². The van der Waals surface area contributed by atoms with Crippen LogP contribution in [0.4, 0.5) is 0 Å². The van der Waals surface area contributed by atoms with Crippen molar-refractivity contribution < 1.29 is 18.1 Å². The third kappa shape index (κ3) is 1.75. The van der Waals surface area contributed by atoms with Crippen LogP contribution in [0.2, 0.25) is 0 Å². The molecule has 0 aromatic rings. The summed E-state index contributed by atoms with van der Waals surface area (Å²) in [5.74, 6) is 0. The Bertz CT molecular complexity index is 232. The smallest absolute Gasteiger partial charge is 0.287 e. The van der Waals surface area contributed by atoms with E-state index in [1.807, 2.05) is 0 Å². The van der Waals surface area contributed by atoms with Gasteiger partial charge in [0, 0.05) is 6.04 Å². The van der Waals surface area contributed by atoms with Gasteiger partial charge in [0.15, 0.2) is 4.87 Å². The van der Waals surface area contributed by atoms with Gasteiger partial charge < -0.3 is 10.8 Å². The quantitative estimate of drug-likeness (QED) is 0.394. The van der Waals surface area contributed by atoms with Crippen molar-refractivity contribution in [1.82, 2.24) is 5.32 Å². The second-order valence-corrected chi connectivity index (χ2v) is 4.24. The molecule has 0 aliphatic rings. The Kier molecular flexibility index (Phi) is 3.60. The third-order valence-electron chi connectivity index (χ3n) is 1.85. The number of nitrogens with two attached hydrogens (primary N) is 1. The van der Waals surface area contributed by atoms with E-state index < -0.39 is 27.6 Å². The van der Waals surface area contributed by atoms with E-state index in [4.69, 9.17) is 15.4 Å². The fraction of sp³-hybridized carbons (Fsp3) is 1.00. The molecular formula is C5H14N2O4S. The zero-order valence-electron chi connectivity index (χ0n) is 6.98. The lowest BCUT2D eigenvalue weighted by Gasteiger charge is -2.31. The number of aliphatic hydroxyl groups excluding tert-OH is 1. The molecule has 0 heterocycles. The summed E-state index contributed by atoms with van der Waals surface area (Å²) in [7, 11) is -3.11. The monoisotopic (exact) mass is 198 g/mol. The molecule has 0 aliphatic carbocycles. The maximum absolute atomic E-state index is 10.8. The van der Waals surface area contributed by atoms with Gasteiger partial charge >= 0.3 is 0 Å². The van der Waals surface area contributed by atoms with Crippen molar-refractivity contribution in [3.05, 3.63) is 0 Å². The highest BCUT2D eigenvalue weighted by Crippen LogP contribution is 2.14. The van der Waals surface area contributed by atoms with Crippen molar-refractivity contribution in [1.29, 1.82) is 0 Å². The highest BCUT2D eigenvalue weighted by molar-refractivity contribution is 7.87. The van der Waals surface area contributed by atoms with E-state index in [1.165, 1.54) is 14.0 Å². The molecule has 0 fully saturated rings. The van der Waals surface area contributed by atoms with Crippen LogP contribution in [0.1, 0.15) is 6.92 Å². The minimum absolute atomic E-state index is 0.778. The molecule has 0 rings (SSSR count). The van der Waals surface area contributed by atoms with Gasteiger partial charge in [0.1, 0.15) is 0 Å². The predicted molar refractivity (Wildman–Crippen MR) is 44.1 cm³/mol. The predicted octanol–water partition coefficient (Wildman–Crippen LogP) is -1.87. The summed E-state index contributed by atoms with van der Waals surface area (Å²) in [6, 6.07) is -0.914. The molecule has 2 unspecified atom stereocenters. The molecule has 0 aliphatic heterocycles. The van der Waals surface area contributed by atoms with Crippen molar-refractivity contribution >= 4 is 10.1 Å². The van der Waals surface area contributed by atoms with Crippen LogP contribution in [0.25, 0.3) is 0 Å². The first-order valence-electron chi connectivity index (χ1n) is 3.34. The summed E-state index contributed by atoms with van der Waals surface area (Å²) in [5.41, 5.74) is 5.32. The molecule has 0 aromatic carbocycles. The summed E-state index contributed by atoms with van der Waals surface area (Å²) in [6.45, 7) is 0.598. The minimum Gasteiger partial charge on any atom is -0.393 e. The third-order valence-corrected chi connectivity index (χ3v) is 3.48. The van der Waals surface area contributed by atoms with E-state index in [-0.39, 0.29) is 0 Å². The van der Waals surface area contributed by atoms with Gasteiger partial charge in [0.2, 0.25) is 0 Å². The van der Waals surface area contributed by atoms with E-state index in [0.29, 0.717) is 0 Å². The summed E-state index contributed by atoms with van der Waals surface area (Å²) in [4.78, 5) is -1.87. The lowest BCUT2D eigenvalue weighted by atomic mass is 10.1. The summed E-state index contributed by atoms with van der Waals surface area (Å²) in [6.07, 6.45) is 0. The van der Waals surface area contributed by atoms with Crippen LogP contribution in [0, 0.1) is 0 Å². The van der Waals surface area contributed by atoms with Gasteiger partial charge in [-0.15, -0.1) is 0 Å². The van der Waals surface area contributed by atoms with Gasteiger partial charge in [-0.1, -0.05) is 0 Å². The normalized spacial score (nSPS) is 20.1. The molecule has 0 radical (unpaired) electrons. The largest absolute Gasteiger partial charge is 0.393 e. The minimum atomic E-state index is -4.41. The Morgan fingerprint density at radius 1 is 1.67 bits per heavy atom. The zero-order valence-corrected chi connectivity index (χ0v) is 7.80. The van der Waals surface area contributed by atoms with Gasteiger partial charge in [-0.25, -0.2) is 0 Å². The molecular weight excluding hydrogens is 184 g/mol. The first-order chi connectivity index (χ1) is 5.31. The maximum atomic E-state index is 10.8. The van der Waals surface area contributed by atoms with Crippen LogP contribution in [-0.4, -0.2) is 42.6 Å². The molecule has 0 saturated carbocycles. The number of nitrogens with one attached hydrogen (secondary N) is 1. The van der Waals surface area contributed by atoms with Crippen molar-refractivity contribution in [3.63, 3.8) is 0 Å². The number of hydrogen-bond acceptors (Lipinski definition) is 5. The van der Waals surface area contributed by atoms with Crippen LogP contribution in [-0.2, 0) is 10.1 Å². The van der Waals surface area contributed by atoms with Crippen molar-refractivity contribution in [2.24, 2.45) is 5.73 Å². The van der Waals surface area contributed by atoms with E-state index in [2.05, 4.69) is 5.32 Å². The van der Waals surface area contributed by atoms with Crippen LogP contribution >= 0.6 is 0 Å². The molecule has 0 amide bonds. The first-order valence-corrected chi connectivity index (χ1v) is 4.78. The number of likely N-dealkylation sites (N-methyl/N-ethyl adjacent to an activating group) is 1. The van der Waals surface area contributed by atoms with Crippen molar-refractivity contribution in [2.45, 2.75) is 17.8 Å². The standard InChI is InChI=1S/C5H14N2O4S/c1-4(6)5(3-8,7-2)12(9,10)11/h4,7-8H,3,6H2,1-2H3,(H,9,10,11). The SMILES string of the molecule is CNC(CO)(C(C)N)S(=O)(=O)O. The molecule has 2 atom stereocenters. The Hall–Kier alpha value is -0.210. The Morgan fingerprint density at radius 2 is 2.08 bits per heavy atom. The van der Waals surface area contributed by atoms with Gasteiger partial charge in [-0.05, 0) is 14.0 Å². The molecule has 0 saturated heterocycles. The highest BCUT2D eigenvalue weighted by Gasteiger charge is 2.44. The molecule has 0 bridgehead atoms. The Labute approximate surface area is 71.5 Å². The number of rotatable bonds is 4. The number of hydrogen-bond donors (Lipinski definition) is 4. The van der Waals surface area contributed by atoms with Crippen molar-refractivity contribution in [2.75, 3.05) is 13.7 Å². The average molecular weight is 198 g/mol. The van der Waals surface area contributed by atoms with E-state index in [1.54, 1.807) is 0 Å². The van der Waals surface area contributed by atoms with Gasteiger partial charge in [0.25, 0.3) is 10.1 Å². The Balaban J connectivity index is 5.12. The van der Waals surface area contributed by atoms with E-state index in [0.717, 1.165) is 0 Å². The van der Waals surface area contributed by atoms with Crippen LogP contribution < -0.4 is 11.1 Å². The lowest BCUT2D eigenvalue weighted by Crippen LogP contribution is -2.63. The van der Waals surface area contributed by atoms with E-state index >= 15 is 0 Å². The van der Waals surface area contributed by atoms with Gasteiger partial charge in [0.05, 0.1) is 6.61 Å². The molecule has 5 N–H and O–H groups in total. The Morgan fingerprint density at radius 3 is 2.08 bits per heavy atom. The highest BCUT2D eigenvalue weighted by atomic mass is 32.2. The topological polar surface area (TPSA) is 113 Å². The van der Waals surface area contributed by atoms with Crippen LogP contribution in [0.5, 0.6) is 0 Å². The van der Waals surface area contributed by atoms with Crippen molar-refractivity contribution in [3.8, 4) is 0 Å². The molecule has 0 aromatic heterocycles. The second kappa shape index (κ2) is 3.67. The first kappa shape index (κ1) is 11.8. The molecule has 6 nitrogen and oxygen atoms in total. The molecule has 7 heteroatoms. The molecule has 12 heavy (non-hydrogen) atoms. The summed E-state index contributed by atoms with van der Waals surface area (Å²) >= 11 is 0. The van der Waals surface area contributed by atoms with Gasteiger partial charge in [-0.2, -0.15) is 8.42 Å². The molecule has 74 valence electrons. The van der Waals surface area contributed by atoms with Gasteiger partial charge in [-0.3, -0.25) is 9.87 Å². The molecule has 0 spiro atoms. The summed E-state index contributed by atoms with van der Waals surface area (Å²) in [5, 5.41) is 11.1.